The van der Waals surface area contributed by atoms with Crippen LogP contribution in [0.3, 0.4) is 0 Å². The van der Waals surface area contributed by atoms with E-state index in [1.165, 1.54) is 6.07 Å². The van der Waals surface area contributed by atoms with Crippen molar-refractivity contribution in [2.75, 3.05) is 18.4 Å². The van der Waals surface area contributed by atoms with Crippen LogP contribution in [0.1, 0.15) is 22.9 Å². The minimum atomic E-state index is -0.897. The Kier molecular flexibility index (Phi) is 7.44. The normalized spacial score (nSPS) is 11.8. The van der Waals surface area contributed by atoms with E-state index in [9.17, 15) is 14.3 Å². The van der Waals surface area contributed by atoms with Crippen molar-refractivity contribution in [3.05, 3.63) is 95.6 Å². The van der Waals surface area contributed by atoms with Crippen LogP contribution in [0.25, 0.3) is 0 Å². The van der Waals surface area contributed by atoms with Gasteiger partial charge in [0.05, 0.1) is 12.5 Å². The van der Waals surface area contributed by atoms with Gasteiger partial charge in [-0.05, 0) is 48.9 Å². The SMILES string of the molecule is O=C(Cc1cc(CCNCC(O)c2ccccc2F)ccn1)Nc1ccccc1. The van der Waals surface area contributed by atoms with E-state index in [0.717, 1.165) is 11.3 Å². The van der Waals surface area contributed by atoms with Crippen LogP contribution >= 0.6 is 0 Å². The molecule has 0 aliphatic heterocycles. The summed E-state index contributed by atoms with van der Waals surface area (Å²) < 4.78 is 13.7. The van der Waals surface area contributed by atoms with E-state index < -0.39 is 11.9 Å². The van der Waals surface area contributed by atoms with Crippen molar-refractivity contribution in [2.24, 2.45) is 0 Å². The summed E-state index contributed by atoms with van der Waals surface area (Å²) in [7, 11) is 0. The zero-order chi connectivity index (χ0) is 20.5. The Morgan fingerprint density at radius 2 is 1.83 bits per heavy atom. The van der Waals surface area contributed by atoms with Crippen LogP contribution in [-0.2, 0) is 17.6 Å². The number of pyridine rings is 1. The molecular formula is C23H24FN3O2. The molecule has 2 aromatic carbocycles. The first-order valence-electron chi connectivity index (χ1n) is 9.54. The summed E-state index contributed by atoms with van der Waals surface area (Å²) in [5, 5.41) is 16.1. The molecule has 3 N–H and O–H groups in total. The fourth-order valence-corrected chi connectivity index (χ4v) is 3.00. The van der Waals surface area contributed by atoms with Gasteiger partial charge in [-0.15, -0.1) is 0 Å². The van der Waals surface area contributed by atoms with Crippen LogP contribution in [0.15, 0.2) is 72.9 Å². The summed E-state index contributed by atoms with van der Waals surface area (Å²) in [5.74, 6) is -0.527. The molecule has 0 aliphatic rings. The Morgan fingerprint density at radius 1 is 1.07 bits per heavy atom. The maximum Gasteiger partial charge on any atom is 0.230 e. The first kappa shape index (κ1) is 20.6. The van der Waals surface area contributed by atoms with Gasteiger partial charge < -0.3 is 15.7 Å². The molecule has 0 saturated carbocycles. The molecule has 1 aromatic heterocycles. The molecule has 0 aliphatic carbocycles. The smallest absolute Gasteiger partial charge is 0.230 e. The number of carbonyl (C=O) groups excluding carboxylic acids is 1. The summed E-state index contributed by atoms with van der Waals surface area (Å²) in [4.78, 5) is 16.4. The number of hydrogen-bond donors (Lipinski definition) is 3. The van der Waals surface area contributed by atoms with Crippen molar-refractivity contribution in [2.45, 2.75) is 18.9 Å². The topological polar surface area (TPSA) is 74.2 Å². The fourth-order valence-electron chi connectivity index (χ4n) is 3.00. The minimum Gasteiger partial charge on any atom is -0.387 e. The summed E-state index contributed by atoms with van der Waals surface area (Å²) >= 11 is 0. The highest BCUT2D eigenvalue weighted by Gasteiger charge is 2.11. The second-order valence-electron chi connectivity index (χ2n) is 6.74. The van der Waals surface area contributed by atoms with Crippen molar-refractivity contribution < 1.29 is 14.3 Å². The Balaban J connectivity index is 1.45. The monoisotopic (exact) mass is 393 g/mol. The van der Waals surface area contributed by atoms with Crippen LogP contribution < -0.4 is 10.6 Å². The molecule has 1 amide bonds. The number of carbonyl (C=O) groups is 1. The third-order valence-electron chi connectivity index (χ3n) is 4.47. The molecule has 1 heterocycles. The third kappa shape index (κ3) is 6.48. The lowest BCUT2D eigenvalue weighted by Gasteiger charge is -2.13. The molecule has 6 heteroatoms. The predicted octanol–water partition coefficient (Wildman–Crippen LogP) is 3.27. The van der Waals surface area contributed by atoms with E-state index >= 15 is 0 Å². The van der Waals surface area contributed by atoms with Crippen molar-refractivity contribution in [1.82, 2.24) is 10.3 Å². The zero-order valence-corrected chi connectivity index (χ0v) is 16.0. The van der Waals surface area contributed by atoms with Gasteiger partial charge in [0.25, 0.3) is 0 Å². The van der Waals surface area contributed by atoms with Gasteiger partial charge in [0.1, 0.15) is 5.82 Å². The van der Waals surface area contributed by atoms with Crippen molar-refractivity contribution in [1.29, 1.82) is 0 Å². The average Bonchev–Trinajstić information content (AvgIpc) is 2.72. The maximum absolute atomic E-state index is 13.7. The molecule has 0 fully saturated rings. The van der Waals surface area contributed by atoms with Crippen molar-refractivity contribution in [3.63, 3.8) is 0 Å². The molecule has 0 radical (unpaired) electrons. The number of amides is 1. The Morgan fingerprint density at radius 3 is 2.62 bits per heavy atom. The van der Waals surface area contributed by atoms with Crippen LogP contribution in [-0.4, -0.2) is 29.1 Å². The lowest BCUT2D eigenvalue weighted by atomic mass is 10.1. The second kappa shape index (κ2) is 10.5. The van der Waals surface area contributed by atoms with E-state index in [1.807, 2.05) is 42.5 Å². The number of anilines is 1. The van der Waals surface area contributed by atoms with Crippen LogP contribution in [0.4, 0.5) is 10.1 Å². The fraction of sp³-hybridized carbons (Fsp3) is 0.217. The summed E-state index contributed by atoms with van der Waals surface area (Å²) in [6, 6.07) is 19.3. The van der Waals surface area contributed by atoms with Gasteiger partial charge in [0.15, 0.2) is 0 Å². The van der Waals surface area contributed by atoms with Crippen molar-refractivity contribution in [3.8, 4) is 0 Å². The molecule has 5 nitrogen and oxygen atoms in total. The predicted molar refractivity (Wildman–Crippen MR) is 111 cm³/mol. The van der Waals surface area contributed by atoms with E-state index in [0.29, 0.717) is 18.7 Å². The van der Waals surface area contributed by atoms with Crippen LogP contribution in [0.2, 0.25) is 0 Å². The van der Waals surface area contributed by atoms with E-state index in [4.69, 9.17) is 0 Å². The zero-order valence-electron chi connectivity index (χ0n) is 16.0. The first-order valence-corrected chi connectivity index (χ1v) is 9.54. The Labute approximate surface area is 169 Å². The number of para-hydroxylation sites is 1. The molecule has 3 rings (SSSR count). The van der Waals surface area contributed by atoms with E-state index in [-0.39, 0.29) is 24.4 Å². The molecule has 0 saturated heterocycles. The molecule has 29 heavy (non-hydrogen) atoms. The number of aliphatic hydroxyl groups excluding tert-OH is 1. The number of halogens is 1. The minimum absolute atomic E-state index is 0.119. The second-order valence-corrected chi connectivity index (χ2v) is 6.74. The Bertz CT molecular complexity index is 934. The van der Waals surface area contributed by atoms with Gasteiger partial charge >= 0.3 is 0 Å². The van der Waals surface area contributed by atoms with Crippen molar-refractivity contribution >= 4 is 11.6 Å². The molecule has 0 spiro atoms. The molecular weight excluding hydrogens is 369 g/mol. The number of nitrogens with zero attached hydrogens (tertiary/aromatic N) is 1. The lowest BCUT2D eigenvalue weighted by Crippen LogP contribution is -2.24. The quantitative estimate of drug-likeness (QED) is 0.488. The number of benzene rings is 2. The molecule has 1 unspecified atom stereocenters. The number of rotatable bonds is 9. The van der Waals surface area contributed by atoms with Gasteiger partial charge in [0, 0.05) is 29.7 Å². The lowest BCUT2D eigenvalue weighted by molar-refractivity contribution is -0.115. The maximum atomic E-state index is 13.7. The number of nitrogens with one attached hydrogen (secondary N) is 2. The summed E-state index contributed by atoms with van der Waals surface area (Å²) in [5.41, 5.74) is 2.78. The van der Waals surface area contributed by atoms with Gasteiger partial charge in [-0.1, -0.05) is 36.4 Å². The number of hydrogen-bond acceptors (Lipinski definition) is 4. The molecule has 150 valence electrons. The van der Waals surface area contributed by atoms with Gasteiger partial charge in [-0.25, -0.2) is 4.39 Å². The van der Waals surface area contributed by atoms with E-state index in [1.54, 1.807) is 24.4 Å². The van der Waals surface area contributed by atoms with Crippen LogP contribution in [0, 0.1) is 5.82 Å². The van der Waals surface area contributed by atoms with Gasteiger partial charge in [-0.2, -0.15) is 0 Å². The largest absolute Gasteiger partial charge is 0.387 e. The van der Waals surface area contributed by atoms with Crippen LogP contribution in [0.5, 0.6) is 0 Å². The standard InChI is InChI=1S/C23H24FN3O2/c24-21-9-5-4-8-20(21)22(28)16-25-12-10-17-11-13-26-19(14-17)15-23(29)27-18-6-2-1-3-7-18/h1-9,11,13-14,22,25,28H,10,12,15-16H2,(H,27,29). The first-order chi connectivity index (χ1) is 14.1. The summed E-state index contributed by atoms with van der Waals surface area (Å²) in [6.07, 6.45) is 1.70. The van der Waals surface area contributed by atoms with E-state index in [2.05, 4.69) is 15.6 Å². The van der Waals surface area contributed by atoms with Gasteiger partial charge in [-0.3, -0.25) is 9.78 Å². The summed E-state index contributed by atoms with van der Waals surface area (Å²) in [6.45, 7) is 0.879. The highest BCUT2D eigenvalue weighted by Crippen LogP contribution is 2.15. The number of aliphatic hydroxyl groups is 1. The molecule has 0 bridgehead atoms. The Hall–Kier alpha value is -3.09. The molecule has 1 atom stereocenters. The number of aromatic nitrogens is 1. The molecule has 3 aromatic rings. The highest BCUT2D eigenvalue weighted by atomic mass is 19.1. The third-order valence-corrected chi connectivity index (χ3v) is 4.47. The highest BCUT2D eigenvalue weighted by molar-refractivity contribution is 5.91. The van der Waals surface area contributed by atoms with Gasteiger partial charge in [0.2, 0.25) is 5.91 Å². The average molecular weight is 393 g/mol.